The number of carbonyl (C=O) groups excluding carboxylic acids is 2. The van der Waals surface area contributed by atoms with Gasteiger partial charge in [0, 0.05) is 25.6 Å². The van der Waals surface area contributed by atoms with E-state index in [1.807, 2.05) is 50.5 Å². The molecule has 4 nitrogen and oxygen atoms in total. The predicted octanol–water partition coefficient (Wildman–Crippen LogP) is 1.96. The van der Waals surface area contributed by atoms with Gasteiger partial charge in [-0.1, -0.05) is 26.8 Å². The third kappa shape index (κ3) is 7.11. The molecule has 0 rings (SSSR count). The van der Waals surface area contributed by atoms with Crippen LogP contribution < -0.4 is 0 Å². The van der Waals surface area contributed by atoms with Crippen molar-refractivity contribution >= 4 is 11.7 Å². The second-order valence-electron chi connectivity index (χ2n) is 4.85. The molecule has 0 aliphatic carbocycles. The average Bonchev–Trinajstić information content (AvgIpc) is 2.38. The van der Waals surface area contributed by atoms with Gasteiger partial charge in [0.15, 0.2) is 5.78 Å². The predicted molar refractivity (Wildman–Crippen MR) is 79.0 cm³/mol. The highest BCUT2D eigenvalue weighted by Crippen LogP contribution is 1.98. The highest BCUT2D eigenvalue weighted by molar-refractivity contribution is 5.91. The van der Waals surface area contributed by atoms with Crippen molar-refractivity contribution in [3.05, 3.63) is 12.2 Å². The number of allylic oxidation sites excluding steroid dienone is 1. The third-order valence-electron chi connectivity index (χ3n) is 3.14. The van der Waals surface area contributed by atoms with Crippen molar-refractivity contribution in [1.82, 2.24) is 9.80 Å². The number of amides is 1. The molecule has 0 bridgehead atoms. The van der Waals surface area contributed by atoms with Gasteiger partial charge < -0.3 is 4.90 Å². The summed E-state index contributed by atoms with van der Waals surface area (Å²) in [6.07, 6.45) is 3.47. The minimum Gasteiger partial charge on any atom is -0.342 e. The Morgan fingerprint density at radius 1 is 1.05 bits per heavy atom. The number of hydrogen-bond acceptors (Lipinski definition) is 3. The quantitative estimate of drug-likeness (QED) is 0.600. The summed E-state index contributed by atoms with van der Waals surface area (Å²) in [7, 11) is 0. The van der Waals surface area contributed by atoms with Crippen LogP contribution in [0.25, 0.3) is 0 Å². The molecule has 0 heterocycles. The minimum atomic E-state index is 0.0311. The Hall–Kier alpha value is -1.16. The van der Waals surface area contributed by atoms with Gasteiger partial charge in [-0.15, -0.1) is 0 Å². The van der Waals surface area contributed by atoms with E-state index in [4.69, 9.17) is 0 Å². The van der Waals surface area contributed by atoms with Crippen molar-refractivity contribution in [1.29, 1.82) is 0 Å². The van der Waals surface area contributed by atoms with Crippen LogP contribution in [0.1, 0.15) is 34.6 Å². The van der Waals surface area contributed by atoms with Gasteiger partial charge in [0.05, 0.1) is 6.54 Å². The first kappa shape index (κ1) is 17.8. The lowest BCUT2D eigenvalue weighted by atomic mass is 10.1. The van der Waals surface area contributed by atoms with Crippen molar-refractivity contribution in [2.24, 2.45) is 5.92 Å². The standard InChI is InChI=1S/C15H28N2O2/c1-6-16(11-9-10-14(18)13(4)5)12-15(19)17(7-2)8-3/h9-10,13H,6-8,11-12H2,1-5H3/b10-9+. The number of ketones is 1. The van der Waals surface area contributed by atoms with Crippen molar-refractivity contribution in [2.45, 2.75) is 34.6 Å². The Kier molecular flexibility index (Phi) is 9.13. The number of carbonyl (C=O) groups is 2. The Bertz CT molecular complexity index is 307. The van der Waals surface area contributed by atoms with Crippen molar-refractivity contribution in [2.75, 3.05) is 32.7 Å². The zero-order chi connectivity index (χ0) is 14.8. The molecular weight excluding hydrogens is 240 g/mol. The molecule has 0 radical (unpaired) electrons. The van der Waals surface area contributed by atoms with E-state index >= 15 is 0 Å². The van der Waals surface area contributed by atoms with E-state index in [-0.39, 0.29) is 17.6 Å². The molecule has 0 fully saturated rings. The fourth-order valence-corrected chi connectivity index (χ4v) is 1.68. The fraction of sp³-hybridized carbons (Fsp3) is 0.733. The van der Waals surface area contributed by atoms with Crippen LogP contribution in [0.15, 0.2) is 12.2 Å². The molecule has 19 heavy (non-hydrogen) atoms. The summed E-state index contributed by atoms with van der Waals surface area (Å²) < 4.78 is 0. The molecule has 0 aromatic carbocycles. The first-order valence-electron chi connectivity index (χ1n) is 7.16. The maximum Gasteiger partial charge on any atom is 0.236 e. The molecule has 4 heteroatoms. The molecule has 0 atom stereocenters. The maximum atomic E-state index is 12.0. The van der Waals surface area contributed by atoms with Crippen LogP contribution in [0.5, 0.6) is 0 Å². The van der Waals surface area contributed by atoms with Gasteiger partial charge in [0.1, 0.15) is 0 Å². The summed E-state index contributed by atoms with van der Waals surface area (Å²) in [4.78, 5) is 27.3. The summed E-state index contributed by atoms with van der Waals surface area (Å²) >= 11 is 0. The van der Waals surface area contributed by atoms with E-state index in [0.29, 0.717) is 13.1 Å². The lowest BCUT2D eigenvalue weighted by molar-refractivity contribution is -0.131. The molecular formula is C15H28N2O2. The summed E-state index contributed by atoms with van der Waals surface area (Å²) in [5, 5.41) is 0. The Morgan fingerprint density at radius 3 is 2.05 bits per heavy atom. The highest BCUT2D eigenvalue weighted by atomic mass is 16.2. The Labute approximate surface area is 117 Å². The van der Waals surface area contributed by atoms with Gasteiger partial charge in [-0.3, -0.25) is 14.5 Å². The lowest BCUT2D eigenvalue weighted by Gasteiger charge is -2.24. The molecule has 0 saturated heterocycles. The fourth-order valence-electron chi connectivity index (χ4n) is 1.68. The molecule has 0 spiro atoms. The molecule has 0 aromatic rings. The van der Waals surface area contributed by atoms with E-state index in [2.05, 4.69) is 0 Å². The Morgan fingerprint density at radius 2 is 1.63 bits per heavy atom. The van der Waals surface area contributed by atoms with Gasteiger partial charge in [-0.05, 0) is 26.5 Å². The second-order valence-corrected chi connectivity index (χ2v) is 4.85. The Balaban J connectivity index is 4.29. The zero-order valence-corrected chi connectivity index (χ0v) is 13.0. The van der Waals surface area contributed by atoms with Crippen molar-refractivity contribution in [3.63, 3.8) is 0 Å². The summed E-state index contributed by atoms with van der Waals surface area (Å²) in [6, 6.07) is 0. The van der Waals surface area contributed by atoms with E-state index < -0.39 is 0 Å². The topological polar surface area (TPSA) is 40.6 Å². The monoisotopic (exact) mass is 268 g/mol. The smallest absolute Gasteiger partial charge is 0.236 e. The van der Waals surface area contributed by atoms with Crippen LogP contribution >= 0.6 is 0 Å². The van der Waals surface area contributed by atoms with E-state index in [1.54, 1.807) is 6.08 Å². The van der Waals surface area contributed by atoms with Gasteiger partial charge in [-0.25, -0.2) is 0 Å². The second kappa shape index (κ2) is 9.73. The van der Waals surface area contributed by atoms with Crippen LogP contribution in [-0.4, -0.2) is 54.2 Å². The maximum absolute atomic E-state index is 12.0. The first-order valence-corrected chi connectivity index (χ1v) is 7.16. The summed E-state index contributed by atoms with van der Waals surface area (Å²) in [5.74, 6) is 0.310. The van der Waals surface area contributed by atoms with Gasteiger partial charge in [0.2, 0.25) is 5.91 Å². The molecule has 0 aliphatic heterocycles. The third-order valence-corrected chi connectivity index (χ3v) is 3.14. The van der Waals surface area contributed by atoms with Crippen molar-refractivity contribution in [3.8, 4) is 0 Å². The average molecular weight is 268 g/mol. The van der Waals surface area contributed by atoms with Gasteiger partial charge >= 0.3 is 0 Å². The molecule has 0 aromatic heterocycles. The molecule has 0 aliphatic rings. The number of rotatable bonds is 9. The van der Waals surface area contributed by atoms with E-state index in [0.717, 1.165) is 19.6 Å². The van der Waals surface area contributed by atoms with E-state index in [9.17, 15) is 9.59 Å². The van der Waals surface area contributed by atoms with Crippen LogP contribution in [0.2, 0.25) is 0 Å². The van der Waals surface area contributed by atoms with Crippen molar-refractivity contribution < 1.29 is 9.59 Å². The normalized spacial score (nSPS) is 11.5. The summed E-state index contributed by atoms with van der Waals surface area (Å²) in [5.41, 5.74) is 0. The van der Waals surface area contributed by atoms with Crippen LogP contribution in [0.3, 0.4) is 0 Å². The zero-order valence-electron chi connectivity index (χ0n) is 13.0. The first-order chi connectivity index (χ1) is 8.96. The molecule has 110 valence electrons. The van der Waals surface area contributed by atoms with Crippen LogP contribution in [-0.2, 0) is 9.59 Å². The number of likely N-dealkylation sites (N-methyl/N-ethyl adjacent to an activating group) is 2. The largest absolute Gasteiger partial charge is 0.342 e. The SMILES string of the molecule is CCN(C/C=C/C(=O)C(C)C)CC(=O)N(CC)CC. The van der Waals surface area contributed by atoms with Gasteiger partial charge in [0.25, 0.3) is 0 Å². The molecule has 1 amide bonds. The molecule has 0 unspecified atom stereocenters. The molecule has 0 saturated carbocycles. The van der Waals surface area contributed by atoms with Gasteiger partial charge in [-0.2, -0.15) is 0 Å². The lowest BCUT2D eigenvalue weighted by Crippen LogP contribution is -2.40. The van der Waals surface area contributed by atoms with Crippen LogP contribution in [0.4, 0.5) is 0 Å². The minimum absolute atomic E-state index is 0.0311. The summed E-state index contributed by atoms with van der Waals surface area (Å²) in [6.45, 7) is 13.1. The highest BCUT2D eigenvalue weighted by Gasteiger charge is 2.13. The van der Waals surface area contributed by atoms with Crippen LogP contribution in [0, 0.1) is 5.92 Å². The molecule has 0 N–H and O–H groups in total. The number of hydrogen-bond donors (Lipinski definition) is 0. The number of nitrogens with zero attached hydrogens (tertiary/aromatic N) is 2. The van der Waals surface area contributed by atoms with E-state index in [1.165, 1.54) is 0 Å².